The molecule has 2 heterocycles. The van der Waals surface area contributed by atoms with E-state index in [4.69, 9.17) is 9.47 Å². The lowest BCUT2D eigenvalue weighted by Crippen LogP contribution is -2.59. The number of ether oxygens (including phenoxy) is 2. The first-order chi connectivity index (χ1) is 17.4. The average molecular weight is 524 g/mol. The lowest BCUT2D eigenvalue weighted by atomic mass is 9.96. The van der Waals surface area contributed by atoms with Gasteiger partial charge in [0.05, 0.1) is 18.8 Å². The molecule has 37 heavy (non-hydrogen) atoms. The lowest BCUT2D eigenvalue weighted by Gasteiger charge is -2.33. The van der Waals surface area contributed by atoms with Crippen molar-refractivity contribution in [2.24, 2.45) is 11.8 Å². The maximum atomic E-state index is 13.9. The number of rotatable bonds is 4. The fourth-order valence-corrected chi connectivity index (χ4v) is 4.84. The predicted molar refractivity (Wildman–Crippen MR) is 143 cm³/mol. The number of aliphatic hydroxyl groups excluding tert-OH is 1. The highest BCUT2D eigenvalue weighted by Gasteiger charge is 2.44. The van der Waals surface area contributed by atoms with Gasteiger partial charge in [0.25, 0.3) is 0 Å². The Labute approximate surface area is 222 Å². The molecule has 0 aromatic heterocycles. The molecule has 2 saturated heterocycles. The molecule has 0 unspecified atom stereocenters. The average Bonchev–Trinajstić information content (AvgIpc) is 3.23. The Morgan fingerprint density at radius 3 is 2.51 bits per heavy atom. The summed E-state index contributed by atoms with van der Waals surface area (Å²) in [6, 6.07) is -2.09. The molecule has 0 aliphatic carbocycles. The van der Waals surface area contributed by atoms with E-state index >= 15 is 0 Å². The summed E-state index contributed by atoms with van der Waals surface area (Å²) in [5.41, 5.74) is -0.725. The van der Waals surface area contributed by atoms with Gasteiger partial charge in [-0.3, -0.25) is 9.59 Å². The normalized spacial score (nSPS) is 29.3. The monoisotopic (exact) mass is 523 g/mol. The van der Waals surface area contributed by atoms with Gasteiger partial charge in [0.15, 0.2) is 0 Å². The molecular weight excluding hydrogens is 474 g/mol. The number of nitrogens with zero attached hydrogens (tertiary/aromatic N) is 1. The van der Waals surface area contributed by atoms with Crippen molar-refractivity contribution in [1.29, 1.82) is 0 Å². The van der Waals surface area contributed by atoms with Crippen LogP contribution in [0.15, 0.2) is 12.2 Å². The van der Waals surface area contributed by atoms with Crippen LogP contribution in [0.4, 0.5) is 4.79 Å². The second-order valence-corrected chi connectivity index (χ2v) is 11.7. The quantitative estimate of drug-likeness (QED) is 0.485. The summed E-state index contributed by atoms with van der Waals surface area (Å²) >= 11 is 0. The third-order valence-corrected chi connectivity index (χ3v) is 6.79. The van der Waals surface area contributed by atoms with E-state index in [1.165, 1.54) is 0 Å². The molecule has 2 rings (SSSR count). The van der Waals surface area contributed by atoms with E-state index < -0.39 is 29.9 Å². The van der Waals surface area contributed by atoms with E-state index in [9.17, 15) is 19.5 Å². The van der Waals surface area contributed by atoms with Crippen LogP contribution >= 0.6 is 0 Å². The fourth-order valence-electron chi connectivity index (χ4n) is 4.84. The minimum atomic E-state index is -1.00. The number of carbonyl (C=O) groups excluding carboxylic acids is 3. The molecular formula is C28H49N3O6. The van der Waals surface area contributed by atoms with E-state index in [1.54, 1.807) is 32.6 Å². The largest absolute Gasteiger partial charge is 0.444 e. The molecule has 212 valence electrons. The van der Waals surface area contributed by atoms with Gasteiger partial charge in [0.2, 0.25) is 11.8 Å². The number of amides is 3. The van der Waals surface area contributed by atoms with Crippen LogP contribution in [0.5, 0.6) is 0 Å². The van der Waals surface area contributed by atoms with E-state index in [-0.39, 0.29) is 30.4 Å². The SMILES string of the molecule is CC(C)/C=C/[C@H]1CCN2C(=O)[C@@H](NC(=O)OC(C)(C)C)[C@H](C)OCCCCCCC[C@@H](CO)NC(=O)[C@H]12. The number of aliphatic hydroxyl groups is 1. The minimum Gasteiger partial charge on any atom is -0.444 e. The van der Waals surface area contributed by atoms with Crippen molar-refractivity contribution in [3.05, 3.63) is 12.2 Å². The first kappa shape index (κ1) is 31.1. The molecule has 0 aromatic rings. The molecule has 0 spiro atoms. The van der Waals surface area contributed by atoms with Crippen LogP contribution in [0.2, 0.25) is 0 Å². The highest BCUT2D eigenvalue weighted by molar-refractivity contribution is 5.92. The summed E-state index contributed by atoms with van der Waals surface area (Å²) < 4.78 is 11.4. The molecule has 2 aliphatic rings. The Bertz CT molecular complexity index is 778. The summed E-state index contributed by atoms with van der Waals surface area (Å²) in [5.74, 6) is -0.506. The van der Waals surface area contributed by atoms with Gasteiger partial charge in [-0.2, -0.15) is 0 Å². The summed E-state index contributed by atoms with van der Waals surface area (Å²) in [4.78, 5) is 41.7. The minimum absolute atomic E-state index is 0.146. The van der Waals surface area contributed by atoms with Crippen LogP contribution in [0, 0.1) is 11.8 Å². The van der Waals surface area contributed by atoms with Gasteiger partial charge >= 0.3 is 6.09 Å². The standard InChI is InChI=1S/C28H49N3O6/c1-19(2)13-14-21-15-16-31-24(21)25(33)29-22(18-32)12-10-8-7-9-11-17-36-20(3)23(26(31)34)30-27(35)37-28(4,5)6/h13-14,19-24,32H,7-12,15-18H2,1-6H3,(H,29,33)(H,30,35)/b14-13+/t20-,21-,22-,23-,24-/m0/s1. The van der Waals surface area contributed by atoms with Crippen molar-refractivity contribution in [2.45, 2.75) is 116 Å². The van der Waals surface area contributed by atoms with Crippen molar-refractivity contribution < 1.29 is 29.0 Å². The second-order valence-electron chi connectivity index (χ2n) is 11.7. The Hall–Kier alpha value is -2.13. The van der Waals surface area contributed by atoms with Crippen molar-refractivity contribution in [3.8, 4) is 0 Å². The number of allylic oxidation sites excluding steroid dienone is 1. The lowest BCUT2D eigenvalue weighted by molar-refractivity contribution is -0.143. The zero-order chi connectivity index (χ0) is 27.6. The van der Waals surface area contributed by atoms with Crippen LogP contribution < -0.4 is 10.6 Å². The third-order valence-electron chi connectivity index (χ3n) is 6.79. The van der Waals surface area contributed by atoms with Crippen LogP contribution in [0.3, 0.4) is 0 Å². The van der Waals surface area contributed by atoms with Gasteiger partial charge in [0.1, 0.15) is 17.7 Å². The number of alkyl carbamates (subject to hydrolysis) is 1. The molecule has 9 nitrogen and oxygen atoms in total. The number of hydrogen-bond acceptors (Lipinski definition) is 6. The van der Waals surface area contributed by atoms with Crippen molar-refractivity contribution in [2.75, 3.05) is 19.8 Å². The summed E-state index contributed by atoms with van der Waals surface area (Å²) in [5, 5.41) is 15.6. The molecule has 3 N–H and O–H groups in total. The van der Waals surface area contributed by atoms with E-state index in [1.807, 2.05) is 6.08 Å². The van der Waals surface area contributed by atoms with Crippen molar-refractivity contribution in [1.82, 2.24) is 15.5 Å². The van der Waals surface area contributed by atoms with E-state index in [0.29, 0.717) is 31.9 Å². The zero-order valence-electron chi connectivity index (χ0n) is 23.6. The molecule has 0 aromatic carbocycles. The van der Waals surface area contributed by atoms with Gasteiger partial charge in [-0.05, 0) is 52.9 Å². The molecule has 2 fully saturated rings. The zero-order valence-corrected chi connectivity index (χ0v) is 23.6. The highest BCUT2D eigenvalue weighted by Crippen LogP contribution is 2.28. The molecule has 5 atom stereocenters. The van der Waals surface area contributed by atoms with Gasteiger partial charge < -0.3 is 30.1 Å². The van der Waals surface area contributed by atoms with Crippen LogP contribution in [0.25, 0.3) is 0 Å². The smallest absolute Gasteiger partial charge is 0.408 e. The number of carbonyl (C=O) groups is 3. The first-order valence-electron chi connectivity index (χ1n) is 13.9. The van der Waals surface area contributed by atoms with Gasteiger partial charge in [-0.15, -0.1) is 0 Å². The molecule has 0 bridgehead atoms. The van der Waals surface area contributed by atoms with Crippen molar-refractivity contribution in [3.63, 3.8) is 0 Å². The summed E-state index contributed by atoms with van der Waals surface area (Å²) in [6.45, 7) is 11.9. The molecule has 3 amide bonds. The topological polar surface area (TPSA) is 117 Å². The van der Waals surface area contributed by atoms with Gasteiger partial charge in [-0.1, -0.05) is 51.7 Å². The Morgan fingerprint density at radius 1 is 1.19 bits per heavy atom. The van der Waals surface area contributed by atoms with Gasteiger partial charge in [0, 0.05) is 19.1 Å². The molecule has 2 aliphatic heterocycles. The number of fused-ring (bicyclic) bond motifs is 1. The van der Waals surface area contributed by atoms with Crippen LogP contribution in [-0.4, -0.2) is 77.5 Å². The fraction of sp³-hybridized carbons (Fsp3) is 0.821. The second kappa shape index (κ2) is 14.7. The number of nitrogens with one attached hydrogen (secondary N) is 2. The third kappa shape index (κ3) is 10.3. The first-order valence-corrected chi connectivity index (χ1v) is 13.9. The van der Waals surface area contributed by atoms with Crippen LogP contribution in [0.1, 0.15) is 86.5 Å². The predicted octanol–water partition coefficient (Wildman–Crippen LogP) is 3.55. The van der Waals surface area contributed by atoms with E-state index in [2.05, 4.69) is 30.6 Å². The van der Waals surface area contributed by atoms with Crippen molar-refractivity contribution >= 4 is 17.9 Å². The molecule has 9 heteroatoms. The Kier molecular flexibility index (Phi) is 12.4. The molecule has 0 radical (unpaired) electrons. The molecule has 0 saturated carbocycles. The maximum Gasteiger partial charge on any atom is 0.408 e. The summed E-state index contributed by atoms with van der Waals surface area (Å²) in [6.07, 6.45) is 8.87. The Morgan fingerprint density at radius 2 is 1.86 bits per heavy atom. The Balaban J connectivity index is 2.38. The highest BCUT2D eigenvalue weighted by atomic mass is 16.6. The summed E-state index contributed by atoms with van der Waals surface area (Å²) in [7, 11) is 0. The van der Waals surface area contributed by atoms with E-state index in [0.717, 1.165) is 32.1 Å². The maximum absolute atomic E-state index is 13.9. The van der Waals surface area contributed by atoms with Gasteiger partial charge in [-0.25, -0.2) is 4.79 Å². The van der Waals surface area contributed by atoms with Crippen LogP contribution in [-0.2, 0) is 19.1 Å². The number of hydrogen-bond donors (Lipinski definition) is 3.